The van der Waals surface area contributed by atoms with Gasteiger partial charge in [0.05, 0.1) is 6.10 Å². The molecule has 1 saturated carbocycles. The van der Waals surface area contributed by atoms with Crippen LogP contribution in [-0.4, -0.2) is 29.8 Å². The molecule has 0 radical (unpaired) electrons. The first-order valence-corrected chi connectivity index (χ1v) is 7.82. The van der Waals surface area contributed by atoms with Crippen molar-refractivity contribution in [1.82, 2.24) is 5.32 Å². The van der Waals surface area contributed by atoms with Gasteiger partial charge in [-0.1, -0.05) is 25.0 Å². The first-order chi connectivity index (χ1) is 10.1. The number of aliphatic hydroxyl groups is 1. The minimum absolute atomic E-state index is 0.0416. The van der Waals surface area contributed by atoms with Crippen molar-refractivity contribution in [3.05, 3.63) is 29.8 Å². The van der Waals surface area contributed by atoms with Gasteiger partial charge in [0.25, 0.3) is 5.91 Å². The summed E-state index contributed by atoms with van der Waals surface area (Å²) in [6, 6.07) is 8.04. The Labute approximate surface area is 126 Å². The van der Waals surface area contributed by atoms with E-state index in [4.69, 9.17) is 4.74 Å². The third-order valence-electron chi connectivity index (χ3n) is 3.86. The molecule has 1 aromatic carbocycles. The lowest BCUT2D eigenvalue weighted by Gasteiger charge is -2.12. The van der Waals surface area contributed by atoms with Gasteiger partial charge >= 0.3 is 0 Å². The van der Waals surface area contributed by atoms with Crippen LogP contribution in [0.4, 0.5) is 0 Å². The van der Waals surface area contributed by atoms with Crippen LogP contribution < -0.4 is 10.1 Å². The maximum Gasteiger partial charge on any atom is 0.258 e. The Morgan fingerprint density at radius 2 is 2.00 bits per heavy atom. The summed E-state index contributed by atoms with van der Waals surface area (Å²) in [6.45, 7) is 1.87. The summed E-state index contributed by atoms with van der Waals surface area (Å²) < 4.78 is 5.50. The van der Waals surface area contributed by atoms with Crippen LogP contribution in [0.3, 0.4) is 0 Å². The molecule has 4 heteroatoms. The summed E-state index contributed by atoms with van der Waals surface area (Å²) in [4.78, 5) is 11.8. The molecule has 21 heavy (non-hydrogen) atoms. The minimum atomic E-state index is -0.278. The van der Waals surface area contributed by atoms with Crippen molar-refractivity contribution in [1.29, 1.82) is 0 Å². The topological polar surface area (TPSA) is 58.6 Å². The number of hydrogen-bond donors (Lipinski definition) is 2. The third kappa shape index (κ3) is 5.76. The fraction of sp³-hybridized carbons (Fsp3) is 0.588. The van der Waals surface area contributed by atoms with Gasteiger partial charge in [-0.25, -0.2) is 0 Å². The van der Waals surface area contributed by atoms with Crippen LogP contribution in [0.25, 0.3) is 0 Å². The molecule has 0 aromatic heterocycles. The van der Waals surface area contributed by atoms with Crippen molar-refractivity contribution in [2.75, 3.05) is 6.61 Å². The predicted molar refractivity (Wildman–Crippen MR) is 82.3 cm³/mol. The maximum absolute atomic E-state index is 11.8. The molecule has 1 unspecified atom stereocenters. The van der Waals surface area contributed by atoms with Crippen LogP contribution in [0.1, 0.15) is 44.6 Å². The fourth-order valence-electron chi connectivity index (χ4n) is 2.62. The highest BCUT2D eigenvalue weighted by atomic mass is 16.5. The Kier molecular flexibility index (Phi) is 6.05. The molecule has 0 aliphatic heterocycles. The van der Waals surface area contributed by atoms with Crippen molar-refractivity contribution in [2.24, 2.45) is 0 Å². The highest BCUT2D eigenvalue weighted by molar-refractivity contribution is 5.77. The number of aliphatic hydroxyl groups excluding tert-OH is 1. The van der Waals surface area contributed by atoms with Gasteiger partial charge in [0.15, 0.2) is 6.61 Å². The molecule has 1 fully saturated rings. The molecule has 2 rings (SSSR count). The van der Waals surface area contributed by atoms with Crippen molar-refractivity contribution >= 4 is 5.91 Å². The molecule has 116 valence electrons. The lowest BCUT2D eigenvalue weighted by Crippen LogP contribution is -2.36. The van der Waals surface area contributed by atoms with Gasteiger partial charge in [-0.2, -0.15) is 0 Å². The number of carbonyl (C=O) groups is 1. The predicted octanol–water partition coefficient (Wildman–Crippen LogP) is 2.44. The second kappa shape index (κ2) is 8.03. The Morgan fingerprint density at radius 3 is 2.62 bits per heavy atom. The molecule has 2 N–H and O–H groups in total. The van der Waals surface area contributed by atoms with E-state index in [0.29, 0.717) is 11.8 Å². The molecule has 1 atom stereocenters. The molecule has 0 bridgehead atoms. The van der Waals surface area contributed by atoms with Crippen molar-refractivity contribution in [2.45, 2.75) is 57.6 Å². The highest BCUT2D eigenvalue weighted by Gasteiger charge is 2.17. The van der Waals surface area contributed by atoms with Gasteiger partial charge in [0.1, 0.15) is 5.75 Å². The molecule has 1 amide bonds. The summed E-state index contributed by atoms with van der Waals surface area (Å²) in [6.07, 6.45) is 5.91. The van der Waals surface area contributed by atoms with Crippen LogP contribution in [-0.2, 0) is 11.2 Å². The fourth-order valence-corrected chi connectivity index (χ4v) is 2.62. The maximum atomic E-state index is 11.8. The van der Waals surface area contributed by atoms with Crippen LogP contribution >= 0.6 is 0 Å². The van der Waals surface area contributed by atoms with Gasteiger partial charge in [0, 0.05) is 6.04 Å². The lowest BCUT2D eigenvalue weighted by molar-refractivity contribution is -0.123. The Hall–Kier alpha value is -1.55. The average Bonchev–Trinajstić information content (AvgIpc) is 2.97. The van der Waals surface area contributed by atoms with Crippen molar-refractivity contribution in [3.8, 4) is 5.75 Å². The van der Waals surface area contributed by atoms with E-state index in [1.165, 1.54) is 18.4 Å². The number of nitrogens with one attached hydrogen (secondary N) is 1. The molecule has 0 spiro atoms. The van der Waals surface area contributed by atoms with Crippen LogP contribution in [0.2, 0.25) is 0 Å². The minimum Gasteiger partial charge on any atom is -0.484 e. The molecule has 1 aliphatic carbocycles. The first kappa shape index (κ1) is 15.8. The Balaban J connectivity index is 1.71. The summed E-state index contributed by atoms with van der Waals surface area (Å²) in [5.74, 6) is 0.664. The largest absolute Gasteiger partial charge is 0.484 e. The lowest BCUT2D eigenvalue weighted by atomic mass is 10.1. The standard InChI is InChI=1S/C17H25NO3/c1-13(19)6-7-14-8-10-16(11-9-14)21-12-17(20)18-15-4-2-3-5-15/h8-11,13,15,19H,2-7,12H2,1H3,(H,18,20). The molecule has 1 aromatic rings. The highest BCUT2D eigenvalue weighted by Crippen LogP contribution is 2.18. The zero-order chi connectivity index (χ0) is 15.1. The normalized spacial score (nSPS) is 16.7. The van der Waals surface area contributed by atoms with Crippen LogP contribution in [0, 0.1) is 0 Å². The number of carbonyl (C=O) groups excluding carboxylic acids is 1. The van der Waals surface area contributed by atoms with Gasteiger partial charge < -0.3 is 15.2 Å². The van der Waals surface area contributed by atoms with E-state index in [-0.39, 0.29) is 18.6 Å². The number of hydrogen-bond acceptors (Lipinski definition) is 3. The van der Waals surface area contributed by atoms with Crippen LogP contribution in [0.5, 0.6) is 5.75 Å². The number of rotatable bonds is 7. The van der Waals surface area contributed by atoms with Gasteiger partial charge in [-0.3, -0.25) is 4.79 Å². The third-order valence-corrected chi connectivity index (χ3v) is 3.86. The quantitative estimate of drug-likeness (QED) is 0.811. The second-order valence-corrected chi connectivity index (χ2v) is 5.87. The summed E-state index contributed by atoms with van der Waals surface area (Å²) in [7, 11) is 0. The van der Waals surface area contributed by atoms with Crippen LogP contribution in [0.15, 0.2) is 24.3 Å². The Morgan fingerprint density at radius 1 is 1.33 bits per heavy atom. The number of ether oxygens (including phenoxy) is 1. The summed E-state index contributed by atoms with van der Waals surface area (Å²) in [5, 5.41) is 12.3. The van der Waals surface area contributed by atoms with Gasteiger partial charge in [-0.15, -0.1) is 0 Å². The van der Waals surface area contributed by atoms with E-state index < -0.39 is 0 Å². The molecule has 4 nitrogen and oxygen atoms in total. The number of amides is 1. The van der Waals surface area contributed by atoms with Crippen molar-refractivity contribution in [3.63, 3.8) is 0 Å². The van der Waals surface area contributed by atoms with Crippen molar-refractivity contribution < 1.29 is 14.6 Å². The van der Waals surface area contributed by atoms with E-state index in [1.807, 2.05) is 24.3 Å². The summed E-state index contributed by atoms with van der Waals surface area (Å²) >= 11 is 0. The molecule has 1 aliphatic rings. The summed E-state index contributed by atoms with van der Waals surface area (Å²) in [5.41, 5.74) is 1.17. The number of benzene rings is 1. The Bertz CT molecular complexity index is 436. The van der Waals surface area contributed by atoms with Gasteiger partial charge in [0.2, 0.25) is 0 Å². The smallest absolute Gasteiger partial charge is 0.258 e. The molecule has 0 heterocycles. The first-order valence-electron chi connectivity index (χ1n) is 7.82. The molecular formula is C17H25NO3. The second-order valence-electron chi connectivity index (χ2n) is 5.87. The molecule has 0 saturated heterocycles. The zero-order valence-electron chi connectivity index (χ0n) is 12.7. The van der Waals surface area contributed by atoms with E-state index in [0.717, 1.165) is 25.7 Å². The van der Waals surface area contributed by atoms with E-state index >= 15 is 0 Å². The van der Waals surface area contributed by atoms with E-state index in [1.54, 1.807) is 6.92 Å². The molecular weight excluding hydrogens is 266 g/mol. The van der Waals surface area contributed by atoms with E-state index in [9.17, 15) is 9.90 Å². The number of aryl methyl sites for hydroxylation is 1. The zero-order valence-corrected chi connectivity index (χ0v) is 12.7. The monoisotopic (exact) mass is 291 g/mol. The van der Waals surface area contributed by atoms with E-state index in [2.05, 4.69) is 5.32 Å². The SMILES string of the molecule is CC(O)CCc1ccc(OCC(=O)NC2CCCC2)cc1. The van der Waals surface area contributed by atoms with Gasteiger partial charge in [-0.05, 0) is 50.3 Å². The average molecular weight is 291 g/mol.